The van der Waals surface area contributed by atoms with Crippen molar-refractivity contribution in [2.75, 3.05) is 5.32 Å². The van der Waals surface area contributed by atoms with Crippen molar-refractivity contribution in [3.63, 3.8) is 0 Å². The molecule has 0 radical (unpaired) electrons. The van der Waals surface area contributed by atoms with Crippen LogP contribution in [0.1, 0.15) is 5.56 Å². The van der Waals surface area contributed by atoms with Crippen molar-refractivity contribution in [1.82, 2.24) is 9.97 Å². The van der Waals surface area contributed by atoms with Gasteiger partial charge in [0.2, 0.25) is 0 Å². The number of nitrogens with one attached hydrogen (secondary N) is 1. The summed E-state index contributed by atoms with van der Waals surface area (Å²) in [6.45, 7) is 1.98. The first-order valence-corrected chi connectivity index (χ1v) is 6.27. The van der Waals surface area contributed by atoms with Crippen LogP contribution in [0.15, 0.2) is 36.7 Å². The first-order chi connectivity index (χ1) is 8.70. The summed E-state index contributed by atoms with van der Waals surface area (Å²) in [7, 11) is 0. The Morgan fingerprint density at radius 2 is 2.11 bits per heavy atom. The Labute approximate surface area is 107 Å². The number of nitrogens with zero attached hydrogens (tertiary/aromatic N) is 2. The Morgan fingerprint density at radius 1 is 1.22 bits per heavy atom. The maximum absolute atomic E-state index is 13.1. The van der Waals surface area contributed by atoms with E-state index in [-0.39, 0.29) is 5.82 Å². The molecule has 2 heterocycles. The summed E-state index contributed by atoms with van der Waals surface area (Å²) in [5.41, 5.74) is 2.63. The van der Waals surface area contributed by atoms with E-state index in [2.05, 4.69) is 15.3 Å². The number of halogens is 1. The summed E-state index contributed by atoms with van der Waals surface area (Å²) in [5, 5.41) is 3.91. The number of pyridine rings is 1. The van der Waals surface area contributed by atoms with Crippen molar-refractivity contribution in [3.8, 4) is 0 Å². The van der Waals surface area contributed by atoms with Crippen LogP contribution in [0, 0.1) is 12.7 Å². The molecule has 0 unspecified atom stereocenters. The molecule has 0 aliphatic rings. The van der Waals surface area contributed by atoms with Crippen molar-refractivity contribution in [2.45, 2.75) is 6.92 Å². The van der Waals surface area contributed by atoms with Crippen LogP contribution in [0.4, 0.5) is 15.2 Å². The predicted octanol–water partition coefficient (Wildman–Crippen LogP) is 3.88. The number of benzene rings is 1. The lowest BCUT2D eigenvalue weighted by molar-refractivity contribution is 0.629. The van der Waals surface area contributed by atoms with E-state index in [1.54, 1.807) is 18.5 Å². The molecule has 0 saturated carbocycles. The van der Waals surface area contributed by atoms with E-state index in [1.165, 1.54) is 23.5 Å². The Hall–Kier alpha value is -2.01. The number of hydrogen-bond donors (Lipinski definition) is 1. The van der Waals surface area contributed by atoms with Crippen LogP contribution in [0.2, 0.25) is 0 Å². The van der Waals surface area contributed by atoms with Crippen LogP contribution in [0.3, 0.4) is 0 Å². The van der Waals surface area contributed by atoms with Gasteiger partial charge in [-0.3, -0.25) is 4.98 Å². The second-order valence-corrected chi connectivity index (χ2v) is 5.04. The molecule has 0 aliphatic carbocycles. The van der Waals surface area contributed by atoms with Crippen LogP contribution < -0.4 is 5.32 Å². The molecule has 0 amide bonds. The van der Waals surface area contributed by atoms with Gasteiger partial charge in [-0.05, 0) is 30.7 Å². The molecule has 0 spiro atoms. The van der Waals surface area contributed by atoms with Crippen molar-refractivity contribution in [1.29, 1.82) is 0 Å². The Bertz CT molecular complexity index is 708. The number of hydrogen-bond acceptors (Lipinski definition) is 4. The number of aryl methyl sites for hydroxylation is 1. The van der Waals surface area contributed by atoms with E-state index in [1.807, 2.05) is 13.0 Å². The smallest absolute Gasteiger partial charge is 0.188 e. The van der Waals surface area contributed by atoms with E-state index in [0.29, 0.717) is 5.52 Å². The first kappa shape index (κ1) is 11.1. The lowest BCUT2D eigenvalue weighted by Gasteiger charge is -2.01. The van der Waals surface area contributed by atoms with Gasteiger partial charge in [0, 0.05) is 12.3 Å². The molecule has 0 atom stereocenters. The molecular formula is C13H10FN3S. The molecule has 0 aliphatic heterocycles. The predicted molar refractivity (Wildman–Crippen MR) is 71.8 cm³/mol. The quantitative estimate of drug-likeness (QED) is 0.758. The molecule has 5 heteroatoms. The molecular weight excluding hydrogens is 249 g/mol. The van der Waals surface area contributed by atoms with Crippen LogP contribution >= 0.6 is 11.3 Å². The van der Waals surface area contributed by atoms with E-state index >= 15 is 0 Å². The Morgan fingerprint density at radius 3 is 2.94 bits per heavy atom. The van der Waals surface area contributed by atoms with Gasteiger partial charge in [0.05, 0.1) is 22.1 Å². The number of anilines is 2. The fourth-order valence-electron chi connectivity index (χ4n) is 1.70. The van der Waals surface area contributed by atoms with Gasteiger partial charge in [-0.2, -0.15) is 0 Å². The van der Waals surface area contributed by atoms with Gasteiger partial charge < -0.3 is 5.32 Å². The fraction of sp³-hybridized carbons (Fsp3) is 0.0769. The number of rotatable bonds is 2. The van der Waals surface area contributed by atoms with Crippen molar-refractivity contribution in [2.24, 2.45) is 0 Å². The standard InChI is InChI=1S/C13H10FN3S/c1-8-4-10(7-15-6-8)16-13-17-11-5-9(14)2-3-12(11)18-13/h2-7H,1H3,(H,16,17). The molecule has 3 nitrogen and oxygen atoms in total. The highest BCUT2D eigenvalue weighted by atomic mass is 32.1. The summed E-state index contributed by atoms with van der Waals surface area (Å²) >= 11 is 1.49. The molecule has 0 fully saturated rings. The zero-order chi connectivity index (χ0) is 12.5. The SMILES string of the molecule is Cc1cncc(Nc2nc3cc(F)ccc3s2)c1. The summed E-state index contributed by atoms with van der Waals surface area (Å²) in [4.78, 5) is 8.44. The molecule has 1 aromatic carbocycles. The summed E-state index contributed by atoms with van der Waals surface area (Å²) in [5.74, 6) is -0.267. The molecule has 18 heavy (non-hydrogen) atoms. The van der Waals surface area contributed by atoms with Crippen molar-refractivity contribution in [3.05, 3.63) is 48.0 Å². The zero-order valence-electron chi connectivity index (χ0n) is 9.64. The number of aromatic nitrogens is 2. The second kappa shape index (κ2) is 4.34. The topological polar surface area (TPSA) is 37.8 Å². The second-order valence-electron chi connectivity index (χ2n) is 4.01. The largest absolute Gasteiger partial charge is 0.330 e. The van der Waals surface area contributed by atoms with Crippen LogP contribution in [-0.4, -0.2) is 9.97 Å². The van der Waals surface area contributed by atoms with Gasteiger partial charge in [0.15, 0.2) is 5.13 Å². The van der Waals surface area contributed by atoms with Gasteiger partial charge in [-0.15, -0.1) is 0 Å². The van der Waals surface area contributed by atoms with Gasteiger partial charge in [-0.1, -0.05) is 11.3 Å². The normalized spacial score (nSPS) is 10.8. The highest BCUT2D eigenvalue weighted by Crippen LogP contribution is 2.28. The lowest BCUT2D eigenvalue weighted by atomic mass is 10.3. The molecule has 0 bridgehead atoms. The molecule has 2 aromatic heterocycles. The Balaban J connectivity index is 1.95. The minimum absolute atomic E-state index is 0.267. The van der Waals surface area contributed by atoms with Crippen molar-refractivity contribution >= 4 is 32.4 Å². The molecule has 1 N–H and O–H groups in total. The first-order valence-electron chi connectivity index (χ1n) is 5.45. The number of fused-ring (bicyclic) bond motifs is 1. The Kier molecular flexibility index (Phi) is 2.68. The summed E-state index contributed by atoms with van der Waals surface area (Å²) in [6, 6.07) is 6.60. The van der Waals surface area contributed by atoms with E-state index in [4.69, 9.17) is 0 Å². The van der Waals surface area contributed by atoms with Crippen LogP contribution in [0.25, 0.3) is 10.2 Å². The highest BCUT2D eigenvalue weighted by Gasteiger charge is 2.05. The third-order valence-electron chi connectivity index (χ3n) is 2.48. The minimum Gasteiger partial charge on any atom is -0.330 e. The van der Waals surface area contributed by atoms with Gasteiger partial charge in [0.25, 0.3) is 0 Å². The van der Waals surface area contributed by atoms with E-state index in [0.717, 1.165) is 21.1 Å². The fourth-order valence-corrected chi connectivity index (χ4v) is 2.57. The van der Waals surface area contributed by atoms with Gasteiger partial charge in [0.1, 0.15) is 5.82 Å². The third kappa shape index (κ3) is 2.17. The average molecular weight is 259 g/mol. The molecule has 0 saturated heterocycles. The van der Waals surface area contributed by atoms with Crippen LogP contribution in [0.5, 0.6) is 0 Å². The number of thiazole rings is 1. The van der Waals surface area contributed by atoms with E-state index in [9.17, 15) is 4.39 Å². The molecule has 3 aromatic rings. The van der Waals surface area contributed by atoms with E-state index < -0.39 is 0 Å². The zero-order valence-corrected chi connectivity index (χ0v) is 10.5. The highest BCUT2D eigenvalue weighted by molar-refractivity contribution is 7.22. The summed E-state index contributed by atoms with van der Waals surface area (Å²) in [6.07, 6.45) is 3.53. The summed E-state index contributed by atoms with van der Waals surface area (Å²) < 4.78 is 14.0. The molecule has 90 valence electrons. The van der Waals surface area contributed by atoms with Crippen molar-refractivity contribution < 1.29 is 4.39 Å². The van der Waals surface area contributed by atoms with Gasteiger partial charge in [-0.25, -0.2) is 9.37 Å². The van der Waals surface area contributed by atoms with Crippen LogP contribution in [-0.2, 0) is 0 Å². The maximum atomic E-state index is 13.1. The third-order valence-corrected chi connectivity index (χ3v) is 3.43. The average Bonchev–Trinajstić information content (AvgIpc) is 2.70. The minimum atomic E-state index is -0.267. The maximum Gasteiger partial charge on any atom is 0.188 e. The monoisotopic (exact) mass is 259 g/mol. The molecule has 3 rings (SSSR count). The lowest BCUT2D eigenvalue weighted by Crippen LogP contribution is -1.90. The van der Waals surface area contributed by atoms with Gasteiger partial charge >= 0.3 is 0 Å².